The van der Waals surface area contributed by atoms with E-state index in [0.29, 0.717) is 5.82 Å². The summed E-state index contributed by atoms with van der Waals surface area (Å²) in [7, 11) is 1.39. The quantitative estimate of drug-likeness (QED) is 0.856. The van der Waals surface area contributed by atoms with Gasteiger partial charge in [0.2, 0.25) is 0 Å². The summed E-state index contributed by atoms with van der Waals surface area (Å²) in [5.74, 6) is 0.0528. The number of rotatable bonds is 4. The molecule has 2 heterocycles. The molecule has 0 saturated heterocycles. The van der Waals surface area contributed by atoms with E-state index in [1.165, 1.54) is 7.11 Å². The fourth-order valence-corrected chi connectivity index (χ4v) is 1.97. The summed E-state index contributed by atoms with van der Waals surface area (Å²) in [6.45, 7) is 3.93. The number of aromatic nitrogens is 3. The summed E-state index contributed by atoms with van der Waals surface area (Å²) >= 11 is 0. The molecule has 0 fully saturated rings. The van der Waals surface area contributed by atoms with Crippen molar-refractivity contribution < 1.29 is 9.53 Å². The summed E-state index contributed by atoms with van der Waals surface area (Å²) in [5, 5.41) is 0. The monoisotopic (exact) mass is 259 g/mol. The molecule has 19 heavy (non-hydrogen) atoms. The maximum absolute atomic E-state index is 11.8. The molecule has 1 atom stereocenters. The lowest BCUT2D eigenvalue weighted by molar-refractivity contribution is -0.143. The van der Waals surface area contributed by atoms with E-state index in [1.807, 2.05) is 32.0 Å². The average molecular weight is 259 g/mol. The molecule has 0 aliphatic heterocycles. The predicted molar refractivity (Wildman–Crippen MR) is 71.4 cm³/mol. The number of ether oxygens (including phenoxy) is 1. The molecule has 0 aromatic carbocycles. The Bertz CT molecular complexity index is 549. The van der Waals surface area contributed by atoms with Gasteiger partial charge in [-0.2, -0.15) is 0 Å². The van der Waals surface area contributed by atoms with Crippen LogP contribution in [0.5, 0.6) is 0 Å². The third-order valence-corrected chi connectivity index (χ3v) is 2.95. The Hall–Kier alpha value is -2.17. The number of esters is 1. The van der Waals surface area contributed by atoms with Crippen molar-refractivity contribution in [2.75, 3.05) is 7.11 Å². The molecule has 100 valence electrons. The SMILES string of the molecule is COC(=O)C(c1ncc(-c2ccccn2)[nH]1)C(C)C. The highest BCUT2D eigenvalue weighted by molar-refractivity contribution is 5.77. The second-order valence-electron chi connectivity index (χ2n) is 4.64. The number of methoxy groups -OCH3 is 1. The lowest BCUT2D eigenvalue weighted by Gasteiger charge is -2.15. The Labute approximate surface area is 112 Å². The number of nitrogens with zero attached hydrogens (tertiary/aromatic N) is 2. The van der Waals surface area contributed by atoms with E-state index in [4.69, 9.17) is 4.74 Å². The molecule has 2 aromatic heterocycles. The minimum Gasteiger partial charge on any atom is -0.468 e. The van der Waals surface area contributed by atoms with Crippen LogP contribution in [-0.2, 0) is 9.53 Å². The maximum atomic E-state index is 11.8. The number of imidazole rings is 1. The highest BCUT2D eigenvalue weighted by Crippen LogP contribution is 2.25. The van der Waals surface area contributed by atoms with E-state index in [-0.39, 0.29) is 17.8 Å². The van der Waals surface area contributed by atoms with Gasteiger partial charge < -0.3 is 9.72 Å². The molecule has 5 nitrogen and oxygen atoms in total. The van der Waals surface area contributed by atoms with Gasteiger partial charge in [0, 0.05) is 6.20 Å². The number of pyridine rings is 1. The van der Waals surface area contributed by atoms with Crippen molar-refractivity contribution in [3.05, 3.63) is 36.4 Å². The lowest BCUT2D eigenvalue weighted by Crippen LogP contribution is -2.20. The van der Waals surface area contributed by atoms with Gasteiger partial charge in [-0.3, -0.25) is 9.78 Å². The fraction of sp³-hybridized carbons (Fsp3) is 0.357. The number of hydrogen-bond acceptors (Lipinski definition) is 4. The number of nitrogens with one attached hydrogen (secondary N) is 1. The Balaban J connectivity index is 2.32. The van der Waals surface area contributed by atoms with Gasteiger partial charge in [-0.15, -0.1) is 0 Å². The van der Waals surface area contributed by atoms with Gasteiger partial charge in [-0.1, -0.05) is 19.9 Å². The number of carbonyl (C=O) groups is 1. The molecule has 0 aliphatic carbocycles. The molecule has 1 N–H and O–H groups in total. The van der Waals surface area contributed by atoms with Crippen LogP contribution in [0, 0.1) is 5.92 Å². The average Bonchev–Trinajstić information content (AvgIpc) is 2.88. The topological polar surface area (TPSA) is 67.9 Å². The highest BCUT2D eigenvalue weighted by Gasteiger charge is 2.28. The normalized spacial score (nSPS) is 12.4. The molecule has 0 spiro atoms. The molecule has 5 heteroatoms. The minimum atomic E-state index is -0.387. The summed E-state index contributed by atoms with van der Waals surface area (Å²) in [6, 6.07) is 5.65. The Morgan fingerprint density at radius 3 is 2.68 bits per heavy atom. The summed E-state index contributed by atoms with van der Waals surface area (Å²) in [6.07, 6.45) is 3.41. The van der Waals surface area contributed by atoms with E-state index in [0.717, 1.165) is 11.4 Å². The zero-order chi connectivity index (χ0) is 13.8. The first-order valence-corrected chi connectivity index (χ1v) is 6.17. The highest BCUT2D eigenvalue weighted by atomic mass is 16.5. The minimum absolute atomic E-state index is 0.107. The molecule has 0 amide bonds. The van der Waals surface area contributed by atoms with Crippen LogP contribution in [0.15, 0.2) is 30.6 Å². The Kier molecular flexibility index (Phi) is 3.94. The first-order chi connectivity index (χ1) is 9.13. The third kappa shape index (κ3) is 2.81. The fourth-order valence-electron chi connectivity index (χ4n) is 1.97. The van der Waals surface area contributed by atoms with E-state index < -0.39 is 0 Å². The van der Waals surface area contributed by atoms with E-state index >= 15 is 0 Å². The number of hydrogen-bond donors (Lipinski definition) is 1. The van der Waals surface area contributed by atoms with E-state index in [1.54, 1.807) is 12.4 Å². The van der Waals surface area contributed by atoms with Crippen LogP contribution in [0.1, 0.15) is 25.6 Å². The van der Waals surface area contributed by atoms with Gasteiger partial charge >= 0.3 is 5.97 Å². The van der Waals surface area contributed by atoms with Crippen molar-refractivity contribution in [1.29, 1.82) is 0 Å². The van der Waals surface area contributed by atoms with Gasteiger partial charge in [0.05, 0.1) is 24.7 Å². The molecular formula is C14H17N3O2. The second-order valence-corrected chi connectivity index (χ2v) is 4.64. The van der Waals surface area contributed by atoms with Crippen LogP contribution in [0.2, 0.25) is 0 Å². The van der Waals surface area contributed by atoms with Crippen molar-refractivity contribution in [1.82, 2.24) is 15.0 Å². The molecule has 1 unspecified atom stereocenters. The van der Waals surface area contributed by atoms with Gasteiger partial charge in [0.1, 0.15) is 11.7 Å². The van der Waals surface area contributed by atoms with E-state index in [2.05, 4.69) is 15.0 Å². The zero-order valence-corrected chi connectivity index (χ0v) is 11.3. The van der Waals surface area contributed by atoms with Crippen LogP contribution in [-0.4, -0.2) is 28.0 Å². The van der Waals surface area contributed by atoms with Crippen molar-refractivity contribution in [2.24, 2.45) is 5.92 Å². The second kappa shape index (κ2) is 5.65. The summed E-state index contributed by atoms with van der Waals surface area (Å²) in [4.78, 5) is 23.5. The van der Waals surface area contributed by atoms with Crippen LogP contribution in [0.4, 0.5) is 0 Å². The van der Waals surface area contributed by atoms with Crippen molar-refractivity contribution in [3.8, 4) is 11.4 Å². The van der Waals surface area contributed by atoms with Gasteiger partial charge in [-0.25, -0.2) is 4.98 Å². The maximum Gasteiger partial charge on any atom is 0.316 e. The number of carbonyl (C=O) groups excluding carboxylic acids is 1. The Morgan fingerprint density at radius 2 is 2.11 bits per heavy atom. The van der Waals surface area contributed by atoms with Crippen molar-refractivity contribution >= 4 is 5.97 Å². The van der Waals surface area contributed by atoms with Gasteiger partial charge in [-0.05, 0) is 18.1 Å². The third-order valence-electron chi connectivity index (χ3n) is 2.95. The van der Waals surface area contributed by atoms with Crippen molar-refractivity contribution in [2.45, 2.75) is 19.8 Å². The zero-order valence-electron chi connectivity index (χ0n) is 11.3. The first-order valence-electron chi connectivity index (χ1n) is 6.17. The molecule has 0 radical (unpaired) electrons. The first kappa shape index (κ1) is 13.3. The predicted octanol–water partition coefficient (Wildman–Crippen LogP) is 2.38. The number of H-pyrrole nitrogens is 1. The largest absolute Gasteiger partial charge is 0.468 e. The molecule has 0 aliphatic rings. The number of aromatic amines is 1. The summed E-state index contributed by atoms with van der Waals surface area (Å²) in [5.41, 5.74) is 1.60. The molecule has 2 aromatic rings. The van der Waals surface area contributed by atoms with E-state index in [9.17, 15) is 4.79 Å². The lowest BCUT2D eigenvalue weighted by atomic mass is 9.95. The molecular weight excluding hydrogens is 242 g/mol. The molecule has 0 bridgehead atoms. The van der Waals surface area contributed by atoms with Crippen LogP contribution in [0.25, 0.3) is 11.4 Å². The van der Waals surface area contributed by atoms with Gasteiger partial charge in [0.25, 0.3) is 0 Å². The Morgan fingerprint density at radius 1 is 1.32 bits per heavy atom. The molecule has 0 saturated carbocycles. The standard InChI is InChI=1S/C14H17N3O2/c1-9(2)12(14(18)19-3)13-16-8-11(17-13)10-6-4-5-7-15-10/h4-9,12H,1-3H3,(H,16,17). The van der Waals surface area contributed by atoms with Crippen LogP contribution >= 0.6 is 0 Å². The van der Waals surface area contributed by atoms with Crippen LogP contribution < -0.4 is 0 Å². The van der Waals surface area contributed by atoms with Crippen molar-refractivity contribution in [3.63, 3.8) is 0 Å². The van der Waals surface area contributed by atoms with Gasteiger partial charge in [0.15, 0.2) is 0 Å². The molecule has 2 rings (SSSR count). The summed E-state index contributed by atoms with van der Waals surface area (Å²) < 4.78 is 4.83. The van der Waals surface area contributed by atoms with Crippen LogP contribution in [0.3, 0.4) is 0 Å². The smallest absolute Gasteiger partial charge is 0.316 e.